The van der Waals surface area contributed by atoms with Crippen molar-refractivity contribution in [2.75, 3.05) is 11.4 Å². The van der Waals surface area contributed by atoms with E-state index in [2.05, 4.69) is 30.1 Å². The number of rotatable bonds is 2. The van der Waals surface area contributed by atoms with Gasteiger partial charge in [-0.1, -0.05) is 25.1 Å². The number of oxazole rings is 1. The van der Waals surface area contributed by atoms with E-state index >= 15 is 0 Å². The second kappa shape index (κ2) is 4.78. The molecule has 0 N–H and O–H groups in total. The van der Waals surface area contributed by atoms with Crippen molar-refractivity contribution in [2.24, 2.45) is 0 Å². The van der Waals surface area contributed by atoms with E-state index in [-0.39, 0.29) is 5.91 Å². The molecule has 0 bridgehead atoms. The molecule has 0 saturated heterocycles. The highest BCUT2D eigenvalue weighted by Crippen LogP contribution is 2.33. The van der Waals surface area contributed by atoms with Gasteiger partial charge in [-0.15, -0.1) is 0 Å². The third kappa shape index (κ3) is 1.92. The first-order chi connectivity index (χ1) is 9.61. The van der Waals surface area contributed by atoms with Crippen LogP contribution in [0.15, 0.2) is 22.6 Å². The van der Waals surface area contributed by atoms with Crippen molar-refractivity contribution in [3.05, 3.63) is 46.7 Å². The lowest BCUT2D eigenvalue weighted by atomic mass is 10.1. The average Bonchev–Trinajstić information content (AvgIpc) is 3.01. The minimum Gasteiger partial charge on any atom is -0.436 e. The van der Waals surface area contributed by atoms with Crippen LogP contribution in [0.4, 0.5) is 5.69 Å². The highest BCUT2D eigenvalue weighted by atomic mass is 16.4. The molecule has 0 atom stereocenters. The fourth-order valence-electron chi connectivity index (χ4n) is 2.88. The van der Waals surface area contributed by atoms with Crippen LogP contribution in [0.3, 0.4) is 0 Å². The minimum absolute atomic E-state index is 0.0808. The summed E-state index contributed by atoms with van der Waals surface area (Å²) < 4.78 is 5.47. The van der Waals surface area contributed by atoms with Gasteiger partial charge in [0, 0.05) is 13.5 Å². The van der Waals surface area contributed by atoms with E-state index in [0.717, 1.165) is 18.5 Å². The Bertz CT molecular complexity index is 673. The Kier molecular flexibility index (Phi) is 3.08. The number of aryl methyl sites for hydroxylation is 3. The first-order valence-corrected chi connectivity index (χ1v) is 6.98. The summed E-state index contributed by atoms with van der Waals surface area (Å²) in [6, 6.07) is 6.25. The predicted octanol–water partition coefficient (Wildman–Crippen LogP) is 3.06. The molecular weight excluding hydrogens is 252 g/mol. The Morgan fingerprint density at radius 3 is 2.85 bits per heavy atom. The summed E-state index contributed by atoms with van der Waals surface area (Å²) in [7, 11) is 0. The van der Waals surface area contributed by atoms with Crippen molar-refractivity contribution in [1.29, 1.82) is 0 Å². The topological polar surface area (TPSA) is 46.3 Å². The fraction of sp³-hybridized carbons (Fsp3) is 0.375. The minimum atomic E-state index is -0.0808. The van der Waals surface area contributed by atoms with Gasteiger partial charge in [0.25, 0.3) is 5.91 Å². The Morgan fingerprint density at radius 1 is 1.40 bits per heavy atom. The van der Waals surface area contributed by atoms with Gasteiger partial charge in [-0.05, 0) is 30.9 Å². The maximum Gasteiger partial charge on any atom is 0.296 e. The SMILES string of the molecule is CCc1cccc2c1N(C(=O)c1oc(C)nc1C)CC2. The smallest absolute Gasteiger partial charge is 0.296 e. The molecule has 1 amide bonds. The summed E-state index contributed by atoms with van der Waals surface area (Å²) >= 11 is 0. The predicted molar refractivity (Wildman–Crippen MR) is 77.2 cm³/mol. The molecule has 1 aromatic heterocycles. The summed E-state index contributed by atoms with van der Waals surface area (Å²) in [6.45, 7) is 6.40. The van der Waals surface area contributed by atoms with Crippen LogP contribution in [0.2, 0.25) is 0 Å². The molecule has 0 radical (unpaired) electrons. The van der Waals surface area contributed by atoms with Gasteiger partial charge in [0.2, 0.25) is 5.76 Å². The van der Waals surface area contributed by atoms with E-state index < -0.39 is 0 Å². The van der Waals surface area contributed by atoms with Gasteiger partial charge in [-0.2, -0.15) is 0 Å². The lowest BCUT2D eigenvalue weighted by molar-refractivity contribution is 0.0960. The number of anilines is 1. The van der Waals surface area contributed by atoms with E-state index in [9.17, 15) is 4.79 Å². The fourth-order valence-corrected chi connectivity index (χ4v) is 2.88. The van der Waals surface area contributed by atoms with Crippen molar-refractivity contribution in [3.63, 3.8) is 0 Å². The Balaban J connectivity index is 2.03. The molecule has 3 rings (SSSR count). The highest BCUT2D eigenvalue weighted by molar-refractivity contribution is 6.06. The molecule has 1 aromatic carbocycles. The van der Waals surface area contributed by atoms with Gasteiger partial charge in [-0.25, -0.2) is 4.98 Å². The zero-order chi connectivity index (χ0) is 14.3. The molecule has 2 heterocycles. The molecule has 104 valence electrons. The van der Waals surface area contributed by atoms with E-state index in [0.29, 0.717) is 23.9 Å². The third-order valence-electron chi connectivity index (χ3n) is 3.80. The number of para-hydroxylation sites is 1. The van der Waals surface area contributed by atoms with Gasteiger partial charge in [0.1, 0.15) is 0 Å². The second-order valence-electron chi connectivity index (χ2n) is 5.13. The van der Waals surface area contributed by atoms with Gasteiger partial charge in [0.15, 0.2) is 5.89 Å². The number of carbonyl (C=O) groups is 1. The summed E-state index contributed by atoms with van der Waals surface area (Å²) in [6.07, 6.45) is 1.82. The largest absolute Gasteiger partial charge is 0.436 e. The van der Waals surface area contributed by atoms with E-state index in [1.807, 2.05) is 11.8 Å². The van der Waals surface area contributed by atoms with Crippen LogP contribution in [0.1, 0.15) is 40.2 Å². The molecule has 0 aliphatic carbocycles. The molecule has 1 aliphatic rings. The summed E-state index contributed by atoms with van der Waals surface area (Å²) in [4.78, 5) is 18.7. The van der Waals surface area contributed by atoms with Crippen molar-refractivity contribution in [3.8, 4) is 0 Å². The molecule has 0 fully saturated rings. The van der Waals surface area contributed by atoms with Crippen LogP contribution < -0.4 is 4.90 Å². The standard InChI is InChI=1S/C16H18N2O2/c1-4-12-6-5-7-13-8-9-18(14(12)13)16(19)15-10(2)17-11(3)20-15/h5-7H,4,8-9H2,1-3H3. The number of hydrogen-bond donors (Lipinski definition) is 0. The molecule has 2 aromatic rings. The maximum atomic E-state index is 12.7. The average molecular weight is 270 g/mol. The van der Waals surface area contributed by atoms with Crippen molar-refractivity contribution >= 4 is 11.6 Å². The number of aromatic nitrogens is 1. The number of amides is 1. The number of hydrogen-bond acceptors (Lipinski definition) is 3. The lowest BCUT2D eigenvalue weighted by Crippen LogP contribution is -2.29. The molecule has 20 heavy (non-hydrogen) atoms. The van der Waals surface area contributed by atoms with Crippen molar-refractivity contribution in [1.82, 2.24) is 4.98 Å². The summed E-state index contributed by atoms with van der Waals surface area (Å²) in [5, 5.41) is 0. The molecule has 0 spiro atoms. The van der Waals surface area contributed by atoms with Crippen LogP contribution in [0.5, 0.6) is 0 Å². The number of nitrogens with zero attached hydrogens (tertiary/aromatic N) is 2. The van der Waals surface area contributed by atoms with Crippen LogP contribution in [0, 0.1) is 13.8 Å². The van der Waals surface area contributed by atoms with Crippen LogP contribution in [-0.2, 0) is 12.8 Å². The quantitative estimate of drug-likeness (QED) is 0.842. The normalized spacial score (nSPS) is 13.7. The second-order valence-corrected chi connectivity index (χ2v) is 5.13. The van der Waals surface area contributed by atoms with Gasteiger partial charge < -0.3 is 9.32 Å². The molecule has 1 aliphatic heterocycles. The van der Waals surface area contributed by atoms with Gasteiger partial charge >= 0.3 is 0 Å². The molecule has 4 nitrogen and oxygen atoms in total. The molecular formula is C16H18N2O2. The Morgan fingerprint density at radius 2 is 2.20 bits per heavy atom. The highest BCUT2D eigenvalue weighted by Gasteiger charge is 2.30. The van der Waals surface area contributed by atoms with E-state index in [4.69, 9.17) is 4.42 Å². The van der Waals surface area contributed by atoms with Crippen LogP contribution >= 0.6 is 0 Å². The zero-order valence-electron chi connectivity index (χ0n) is 12.1. The van der Waals surface area contributed by atoms with Crippen molar-refractivity contribution < 1.29 is 9.21 Å². The molecule has 0 saturated carbocycles. The summed E-state index contributed by atoms with van der Waals surface area (Å²) in [5.74, 6) is 0.818. The van der Waals surface area contributed by atoms with Crippen molar-refractivity contribution in [2.45, 2.75) is 33.6 Å². The van der Waals surface area contributed by atoms with Crippen LogP contribution in [-0.4, -0.2) is 17.4 Å². The maximum absolute atomic E-state index is 12.7. The van der Waals surface area contributed by atoms with E-state index in [1.165, 1.54) is 11.1 Å². The molecule has 0 unspecified atom stereocenters. The first-order valence-electron chi connectivity index (χ1n) is 6.98. The van der Waals surface area contributed by atoms with Crippen LogP contribution in [0.25, 0.3) is 0 Å². The summed E-state index contributed by atoms with van der Waals surface area (Å²) in [5.41, 5.74) is 4.18. The van der Waals surface area contributed by atoms with E-state index in [1.54, 1.807) is 6.92 Å². The number of carbonyl (C=O) groups excluding carboxylic acids is 1. The molecule has 4 heteroatoms. The monoisotopic (exact) mass is 270 g/mol. The zero-order valence-corrected chi connectivity index (χ0v) is 12.1. The lowest BCUT2D eigenvalue weighted by Gasteiger charge is -2.19. The first kappa shape index (κ1) is 12.9. The number of fused-ring (bicyclic) bond motifs is 1. The van der Waals surface area contributed by atoms with Gasteiger partial charge in [0.05, 0.1) is 11.4 Å². The Labute approximate surface area is 118 Å². The van der Waals surface area contributed by atoms with Gasteiger partial charge in [-0.3, -0.25) is 4.79 Å². The third-order valence-corrected chi connectivity index (χ3v) is 3.80. The number of benzene rings is 1. The Hall–Kier alpha value is -2.10.